The Labute approximate surface area is 160 Å². The monoisotopic (exact) mass is 413 g/mol. The number of aryl methyl sites for hydroxylation is 1. The number of hydrogen-bond acceptors (Lipinski definition) is 5. The maximum atomic E-state index is 5.51. The minimum Gasteiger partial charge on any atom is -0.378 e. The standard InChI is InChI=1S/C19H20BrN5O/c1-24-11-16(20)22-18(24)14-10-13(14)17-21-15-5-3-2-4-12(15)19(23-17)25-6-8-26-9-7-25/h2-5,11,13-14H,6-10H2,1H3. The minimum absolute atomic E-state index is 0.340. The van der Waals surface area contributed by atoms with Gasteiger partial charge in [0.2, 0.25) is 0 Å². The van der Waals surface area contributed by atoms with Gasteiger partial charge in [-0.25, -0.2) is 15.0 Å². The Morgan fingerprint density at radius 2 is 1.88 bits per heavy atom. The van der Waals surface area contributed by atoms with Crippen molar-refractivity contribution < 1.29 is 4.74 Å². The van der Waals surface area contributed by atoms with Crippen LogP contribution in [0.4, 0.5) is 5.82 Å². The summed E-state index contributed by atoms with van der Waals surface area (Å²) in [5.41, 5.74) is 1.02. The molecular formula is C19H20BrN5O. The van der Waals surface area contributed by atoms with Gasteiger partial charge < -0.3 is 14.2 Å². The third-order valence-corrected chi connectivity index (χ3v) is 5.63. The molecule has 0 amide bonds. The van der Waals surface area contributed by atoms with Crippen molar-refractivity contribution >= 4 is 32.7 Å². The van der Waals surface area contributed by atoms with Gasteiger partial charge in [0.15, 0.2) is 0 Å². The van der Waals surface area contributed by atoms with E-state index in [2.05, 4.69) is 48.6 Å². The lowest BCUT2D eigenvalue weighted by atomic mass is 10.2. The summed E-state index contributed by atoms with van der Waals surface area (Å²) in [4.78, 5) is 16.8. The van der Waals surface area contributed by atoms with E-state index in [1.54, 1.807) is 0 Å². The van der Waals surface area contributed by atoms with Crippen LogP contribution in [0.25, 0.3) is 10.9 Å². The van der Waals surface area contributed by atoms with Gasteiger partial charge in [0.1, 0.15) is 22.1 Å². The van der Waals surface area contributed by atoms with Gasteiger partial charge in [-0.1, -0.05) is 12.1 Å². The van der Waals surface area contributed by atoms with E-state index >= 15 is 0 Å². The molecule has 1 aliphatic heterocycles. The first-order chi connectivity index (χ1) is 12.7. The number of rotatable bonds is 3. The molecule has 2 aromatic heterocycles. The van der Waals surface area contributed by atoms with E-state index in [1.807, 2.05) is 19.3 Å². The number of nitrogens with zero attached hydrogens (tertiary/aromatic N) is 5. The summed E-state index contributed by atoms with van der Waals surface area (Å²) in [5, 5.41) is 1.12. The topological polar surface area (TPSA) is 56.1 Å². The van der Waals surface area contributed by atoms with Gasteiger partial charge in [-0.2, -0.15) is 0 Å². The first-order valence-corrected chi connectivity index (χ1v) is 9.78. The molecule has 1 saturated heterocycles. The Bertz CT molecular complexity index is 966. The van der Waals surface area contributed by atoms with E-state index in [4.69, 9.17) is 14.7 Å². The number of para-hydroxylation sites is 1. The Morgan fingerprint density at radius 1 is 1.08 bits per heavy atom. The second-order valence-corrected chi connectivity index (χ2v) is 7.82. The highest BCUT2D eigenvalue weighted by Gasteiger charge is 2.45. The van der Waals surface area contributed by atoms with Crippen LogP contribution in [0.2, 0.25) is 0 Å². The average Bonchev–Trinajstić information content (AvgIpc) is 3.39. The van der Waals surface area contributed by atoms with E-state index in [1.165, 1.54) is 0 Å². The van der Waals surface area contributed by atoms with E-state index in [-0.39, 0.29) is 0 Å². The van der Waals surface area contributed by atoms with Gasteiger partial charge >= 0.3 is 0 Å². The SMILES string of the molecule is Cn1cc(Br)nc1C1CC1c1nc(N2CCOCC2)c2ccccc2n1. The van der Waals surface area contributed by atoms with Gasteiger partial charge in [0.05, 0.1) is 18.7 Å². The predicted octanol–water partition coefficient (Wildman–Crippen LogP) is 3.23. The van der Waals surface area contributed by atoms with Crippen molar-refractivity contribution in [1.82, 2.24) is 19.5 Å². The highest BCUT2D eigenvalue weighted by Crippen LogP contribution is 2.53. The summed E-state index contributed by atoms with van der Waals surface area (Å²) in [6.07, 6.45) is 3.06. The zero-order valence-corrected chi connectivity index (χ0v) is 16.2. The number of anilines is 1. The molecule has 7 heteroatoms. The van der Waals surface area contributed by atoms with Gasteiger partial charge in [0.25, 0.3) is 0 Å². The molecule has 5 rings (SSSR count). The van der Waals surface area contributed by atoms with Gasteiger partial charge in [-0.3, -0.25) is 0 Å². The molecule has 3 heterocycles. The fourth-order valence-corrected chi connectivity index (χ4v) is 4.30. The summed E-state index contributed by atoms with van der Waals surface area (Å²) in [6, 6.07) is 8.30. The first-order valence-electron chi connectivity index (χ1n) is 8.99. The normalized spacial score (nSPS) is 22.8. The molecule has 2 fully saturated rings. The maximum absolute atomic E-state index is 5.51. The molecule has 2 aliphatic rings. The summed E-state index contributed by atoms with van der Waals surface area (Å²) in [7, 11) is 2.04. The molecule has 2 unspecified atom stereocenters. The van der Waals surface area contributed by atoms with Gasteiger partial charge in [0, 0.05) is 43.6 Å². The summed E-state index contributed by atoms with van der Waals surface area (Å²) < 4.78 is 8.49. The van der Waals surface area contributed by atoms with Crippen molar-refractivity contribution in [3.05, 3.63) is 46.7 Å². The number of morpholine rings is 1. The zero-order valence-electron chi connectivity index (χ0n) is 14.6. The van der Waals surface area contributed by atoms with Crippen LogP contribution in [0.1, 0.15) is 29.9 Å². The van der Waals surface area contributed by atoms with Gasteiger partial charge in [-0.05, 0) is 34.5 Å². The maximum Gasteiger partial charge on any atom is 0.140 e. The molecule has 6 nitrogen and oxygen atoms in total. The number of imidazole rings is 1. The zero-order chi connectivity index (χ0) is 17.7. The fourth-order valence-electron chi connectivity index (χ4n) is 3.81. The van der Waals surface area contributed by atoms with Crippen LogP contribution in [0.15, 0.2) is 35.1 Å². The predicted molar refractivity (Wildman–Crippen MR) is 104 cm³/mol. The van der Waals surface area contributed by atoms with Crippen LogP contribution in [-0.2, 0) is 11.8 Å². The van der Waals surface area contributed by atoms with Crippen molar-refractivity contribution in [2.24, 2.45) is 7.05 Å². The molecular weight excluding hydrogens is 394 g/mol. The van der Waals surface area contributed by atoms with Crippen molar-refractivity contribution in [1.29, 1.82) is 0 Å². The van der Waals surface area contributed by atoms with Crippen molar-refractivity contribution in [3.8, 4) is 0 Å². The second-order valence-electron chi connectivity index (χ2n) is 7.00. The Hall–Kier alpha value is -1.99. The third-order valence-electron chi connectivity index (χ3n) is 5.25. The summed E-state index contributed by atoms with van der Waals surface area (Å²) in [6.45, 7) is 3.25. The molecule has 1 aliphatic carbocycles. The number of ether oxygens (including phenoxy) is 1. The van der Waals surface area contributed by atoms with E-state index in [0.29, 0.717) is 11.8 Å². The average molecular weight is 414 g/mol. The van der Waals surface area contributed by atoms with Crippen molar-refractivity contribution in [2.45, 2.75) is 18.3 Å². The Morgan fingerprint density at radius 3 is 2.65 bits per heavy atom. The molecule has 134 valence electrons. The molecule has 0 radical (unpaired) electrons. The van der Waals surface area contributed by atoms with E-state index < -0.39 is 0 Å². The fraction of sp³-hybridized carbons (Fsp3) is 0.421. The number of benzene rings is 1. The van der Waals surface area contributed by atoms with Crippen LogP contribution in [0.3, 0.4) is 0 Å². The molecule has 0 N–H and O–H groups in total. The molecule has 1 aromatic carbocycles. The molecule has 1 saturated carbocycles. The van der Waals surface area contributed by atoms with Crippen LogP contribution >= 0.6 is 15.9 Å². The lowest BCUT2D eigenvalue weighted by Crippen LogP contribution is -2.37. The molecule has 2 atom stereocenters. The summed E-state index contributed by atoms with van der Waals surface area (Å²) >= 11 is 3.47. The number of fused-ring (bicyclic) bond motifs is 1. The third kappa shape index (κ3) is 2.79. The highest BCUT2D eigenvalue weighted by atomic mass is 79.9. The lowest BCUT2D eigenvalue weighted by molar-refractivity contribution is 0.122. The molecule has 0 bridgehead atoms. The largest absolute Gasteiger partial charge is 0.378 e. The molecule has 0 spiro atoms. The van der Waals surface area contributed by atoms with Crippen LogP contribution in [0.5, 0.6) is 0 Å². The summed E-state index contributed by atoms with van der Waals surface area (Å²) in [5.74, 6) is 3.82. The number of halogens is 1. The number of aromatic nitrogens is 4. The Kier molecular flexibility index (Phi) is 3.94. The smallest absolute Gasteiger partial charge is 0.140 e. The molecule has 3 aromatic rings. The van der Waals surface area contributed by atoms with Crippen molar-refractivity contribution in [2.75, 3.05) is 31.2 Å². The quantitative estimate of drug-likeness (QED) is 0.659. The van der Waals surface area contributed by atoms with Crippen LogP contribution in [-0.4, -0.2) is 45.8 Å². The highest BCUT2D eigenvalue weighted by molar-refractivity contribution is 9.10. The Balaban J connectivity index is 1.53. The minimum atomic E-state index is 0.340. The van der Waals surface area contributed by atoms with E-state index in [9.17, 15) is 0 Å². The first kappa shape index (κ1) is 16.2. The molecule has 26 heavy (non-hydrogen) atoms. The van der Waals surface area contributed by atoms with Crippen molar-refractivity contribution in [3.63, 3.8) is 0 Å². The van der Waals surface area contributed by atoms with Crippen LogP contribution in [0, 0.1) is 0 Å². The second kappa shape index (κ2) is 6.32. The van der Waals surface area contributed by atoms with Crippen LogP contribution < -0.4 is 4.90 Å². The van der Waals surface area contributed by atoms with Gasteiger partial charge in [-0.15, -0.1) is 0 Å². The lowest BCUT2D eigenvalue weighted by Gasteiger charge is -2.29. The van der Waals surface area contributed by atoms with E-state index in [0.717, 1.165) is 65.7 Å². The number of hydrogen-bond donors (Lipinski definition) is 0.